The molecule has 0 atom stereocenters. The molecule has 3 aromatic rings. The Morgan fingerprint density at radius 2 is 2.15 bits per heavy atom. The van der Waals surface area contributed by atoms with Crippen molar-refractivity contribution in [3.8, 4) is 0 Å². The molecule has 1 amide bonds. The minimum Gasteiger partial charge on any atom is -0.548 e. The van der Waals surface area contributed by atoms with Gasteiger partial charge in [-0.1, -0.05) is 23.4 Å². The number of carbonyl (C=O) groups is 2. The molecule has 1 aliphatic carbocycles. The first kappa shape index (κ1) is 16.8. The van der Waals surface area contributed by atoms with Crippen LogP contribution >= 0.6 is 11.8 Å². The van der Waals surface area contributed by atoms with Gasteiger partial charge in [-0.3, -0.25) is 4.79 Å². The van der Waals surface area contributed by atoms with Crippen LogP contribution in [0, 0.1) is 6.92 Å². The van der Waals surface area contributed by atoms with Crippen molar-refractivity contribution in [3.63, 3.8) is 0 Å². The third kappa shape index (κ3) is 3.34. The Bertz CT molecular complexity index is 1030. The number of carboxylic acid groups (broad SMARTS) is 1. The molecule has 1 N–H and O–H groups in total. The van der Waals surface area contributed by atoms with Crippen molar-refractivity contribution in [2.24, 2.45) is 0 Å². The highest BCUT2D eigenvalue weighted by atomic mass is 32.2. The number of aliphatic carboxylic acids is 1. The summed E-state index contributed by atoms with van der Waals surface area (Å²) in [7, 11) is 0. The molecule has 0 bridgehead atoms. The number of thioether (sulfide) groups is 1. The second-order valence-electron chi connectivity index (χ2n) is 6.38. The highest BCUT2D eigenvalue weighted by Crippen LogP contribution is 2.28. The Labute approximate surface area is 153 Å². The third-order valence-corrected chi connectivity index (χ3v) is 5.00. The second kappa shape index (κ2) is 6.56. The van der Waals surface area contributed by atoms with E-state index in [9.17, 15) is 14.7 Å². The van der Waals surface area contributed by atoms with Gasteiger partial charge in [-0.25, -0.2) is 4.98 Å². The second-order valence-corrected chi connectivity index (χ2v) is 7.32. The van der Waals surface area contributed by atoms with Crippen molar-refractivity contribution < 1.29 is 14.7 Å². The van der Waals surface area contributed by atoms with E-state index in [4.69, 9.17) is 0 Å². The van der Waals surface area contributed by atoms with Crippen LogP contribution in [0.25, 0.3) is 22.1 Å². The molecular weight excluding hydrogens is 354 g/mol. The maximum absolute atomic E-state index is 11.8. The summed E-state index contributed by atoms with van der Waals surface area (Å²) in [5, 5.41) is 23.5. The fourth-order valence-corrected chi connectivity index (χ4v) is 3.43. The highest BCUT2D eigenvalue weighted by Gasteiger charge is 2.23. The SMILES string of the molecule is Cc1ccc2c(c1)c1nnc(SCC(=O)NC3CC3)nc1n2CC(=O)[O-]. The number of amides is 1. The number of nitrogens with one attached hydrogen (secondary N) is 1. The first-order chi connectivity index (χ1) is 12.5. The smallest absolute Gasteiger partial charge is 0.230 e. The van der Waals surface area contributed by atoms with Gasteiger partial charge in [-0.05, 0) is 31.9 Å². The van der Waals surface area contributed by atoms with Gasteiger partial charge in [-0.15, -0.1) is 10.2 Å². The van der Waals surface area contributed by atoms with Gasteiger partial charge in [0.2, 0.25) is 11.1 Å². The van der Waals surface area contributed by atoms with Crippen LogP contribution < -0.4 is 10.4 Å². The van der Waals surface area contributed by atoms with Crippen molar-refractivity contribution in [2.45, 2.75) is 37.5 Å². The van der Waals surface area contributed by atoms with Crippen LogP contribution in [0.15, 0.2) is 23.4 Å². The first-order valence-corrected chi connectivity index (χ1v) is 9.25. The van der Waals surface area contributed by atoms with Gasteiger partial charge in [0.1, 0.15) is 5.52 Å². The van der Waals surface area contributed by atoms with Crippen molar-refractivity contribution in [3.05, 3.63) is 23.8 Å². The number of fused-ring (bicyclic) bond motifs is 3. The molecular formula is C17H16N5O3S-. The zero-order valence-electron chi connectivity index (χ0n) is 14.1. The van der Waals surface area contributed by atoms with E-state index in [1.165, 1.54) is 11.8 Å². The number of rotatable bonds is 6. The van der Waals surface area contributed by atoms with E-state index in [2.05, 4.69) is 20.5 Å². The lowest BCUT2D eigenvalue weighted by Gasteiger charge is -2.07. The van der Waals surface area contributed by atoms with Crippen LogP contribution in [0.1, 0.15) is 18.4 Å². The predicted molar refractivity (Wildman–Crippen MR) is 94.5 cm³/mol. The quantitative estimate of drug-likeness (QED) is 0.625. The summed E-state index contributed by atoms with van der Waals surface area (Å²) >= 11 is 1.18. The Balaban J connectivity index is 1.69. The summed E-state index contributed by atoms with van der Waals surface area (Å²) in [5.41, 5.74) is 2.71. The van der Waals surface area contributed by atoms with Gasteiger partial charge in [0.15, 0.2) is 5.65 Å². The number of aryl methyl sites for hydroxylation is 1. The fraction of sp³-hybridized carbons (Fsp3) is 0.353. The van der Waals surface area contributed by atoms with Crippen molar-refractivity contribution in [1.29, 1.82) is 0 Å². The highest BCUT2D eigenvalue weighted by molar-refractivity contribution is 7.99. The van der Waals surface area contributed by atoms with Crippen LogP contribution in [-0.2, 0) is 16.1 Å². The summed E-state index contributed by atoms with van der Waals surface area (Å²) < 4.78 is 1.56. The number of nitrogens with zero attached hydrogens (tertiary/aromatic N) is 4. The topological polar surface area (TPSA) is 113 Å². The van der Waals surface area contributed by atoms with Crippen LogP contribution in [0.4, 0.5) is 0 Å². The molecule has 1 aromatic carbocycles. The summed E-state index contributed by atoms with van der Waals surface area (Å²) in [6.07, 6.45) is 2.06. The summed E-state index contributed by atoms with van der Waals surface area (Å²) in [6, 6.07) is 5.97. The molecule has 1 fully saturated rings. The lowest BCUT2D eigenvalue weighted by molar-refractivity contribution is -0.306. The molecule has 4 rings (SSSR count). The molecule has 2 heterocycles. The van der Waals surface area contributed by atoms with E-state index in [-0.39, 0.29) is 18.2 Å². The molecule has 8 nitrogen and oxygen atoms in total. The number of benzene rings is 1. The van der Waals surface area contributed by atoms with Crippen LogP contribution in [0.2, 0.25) is 0 Å². The third-order valence-electron chi connectivity index (χ3n) is 4.16. The molecule has 9 heteroatoms. The lowest BCUT2D eigenvalue weighted by atomic mass is 10.2. The van der Waals surface area contributed by atoms with Crippen LogP contribution in [0.3, 0.4) is 0 Å². The maximum Gasteiger partial charge on any atom is 0.230 e. The first-order valence-electron chi connectivity index (χ1n) is 8.26. The van der Waals surface area contributed by atoms with E-state index in [1.807, 2.05) is 25.1 Å². The molecule has 0 aliphatic heterocycles. The molecule has 0 spiro atoms. The van der Waals surface area contributed by atoms with Gasteiger partial charge >= 0.3 is 0 Å². The predicted octanol–water partition coefficient (Wildman–Crippen LogP) is 0.409. The maximum atomic E-state index is 11.8. The Morgan fingerprint density at radius 3 is 2.88 bits per heavy atom. The number of aromatic nitrogens is 4. The van der Waals surface area contributed by atoms with Crippen molar-refractivity contribution >= 4 is 45.7 Å². The lowest BCUT2D eigenvalue weighted by Crippen LogP contribution is -2.27. The summed E-state index contributed by atoms with van der Waals surface area (Å²) in [6.45, 7) is 1.62. The van der Waals surface area contributed by atoms with Crippen LogP contribution in [0.5, 0.6) is 0 Å². The van der Waals surface area contributed by atoms with Gasteiger partial charge in [0, 0.05) is 11.4 Å². The number of carbonyl (C=O) groups excluding carboxylic acids is 2. The van der Waals surface area contributed by atoms with Crippen LogP contribution in [-0.4, -0.2) is 43.4 Å². The zero-order valence-corrected chi connectivity index (χ0v) is 14.9. The average molecular weight is 370 g/mol. The molecule has 26 heavy (non-hydrogen) atoms. The standard InChI is InChI=1S/C17H17N5O3S/c1-9-2-5-12-11(6-9)15-16(22(12)7-14(24)25)19-17(21-20-15)26-8-13(23)18-10-3-4-10/h2,5-6,10H,3-4,7-8H2,1H3,(H,18,23)(H,24,25)/p-1. The Kier molecular flexibility index (Phi) is 4.23. The molecule has 0 saturated heterocycles. The zero-order chi connectivity index (χ0) is 18.3. The minimum atomic E-state index is -1.21. The van der Waals surface area contributed by atoms with Gasteiger partial charge in [0.25, 0.3) is 0 Å². The van der Waals surface area contributed by atoms with Crippen molar-refractivity contribution in [2.75, 3.05) is 5.75 Å². The molecule has 2 aromatic heterocycles. The number of hydrogen-bond acceptors (Lipinski definition) is 7. The summed E-state index contributed by atoms with van der Waals surface area (Å²) in [4.78, 5) is 27.4. The van der Waals surface area contributed by atoms with E-state index < -0.39 is 5.97 Å². The molecule has 0 radical (unpaired) electrons. The van der Waals surface area contributed by atoms with E-state index in [0.29, 0.717) is 27.9 Å². The van der Waals surface area contributed by atoms with E-state index in [1.54, 1.807) is 4.57 Å². The molecule has 134 valence electrons. The number of carboxylic acids is 1. The minimum absolute atomic E-state index is 0.0629. The average Bonchev–Trinajstić information content (AvgIpc) is 3.37. The molecule has 1 saturated carbocycles. The molecule has 1 aliphatic rings. The van der Waals surface area contributed by atoms with Gasteiger partial charge in [-0.2, -0.15) is 0 Å². The monoisotopic (exact) mass is 370 g/mol. The number of hydrogen-bond donors (Lipinski definition) is 1. The Hall–Kier alpha value is -2.68. The summed E-state index contributed by atoms with van der Waals surface area (Å²) in [5.74, 6) is -1.07. The molecule has 0 unspecified atom stereocenters. The normalized spacial score (nSPS) is 14.0. The largest absolute Gasteiger partial charge is 0.548 e. The van der Waals surface area contributed by atoms with Crippen molar-refractivity contribution in [1.82, 2.24) is 25.1 Å². The fourth-order valence-electron chi connectivity index (χ4n) is 2.83. The van der Waals surface area contributed by atoms with Gasteiger partial charge in [0.05, 0.1) is 23.8 Å². The van der Waals surface area contributed by atoms with E-state index >= 15 is 0 Å². The van der Waals surface area contributed by atoms with Gasteiger partial charge < -0.3 is 19.8 Å². The Morgan fingerprint density at radius 1 is 1.35 bits per heavy atom. The van der Waals surface area contributed by atoms with E-state index in [0.717, 1.165) is 23.8 Å².